The lowest BCUT2D eigenvalue weighted by molar-refractivity contribution is 0.620. The molecule has 14 rings (SSSR count). The quantitative estimate of drug-likeness (QED) is 0.180. The van der Waals surface area contributed by atoms with E-state index in [0.717, 1.165) is 40.6 Å². The van der Waals surface area contributed by atoms with E-state index in [2.05, 4.69) is 195 Å². The van der Waals surface area contributed by atoms with Crippen molar-refractivity contribution in [2.24, 2.45) is 0 Å². The number of hydrogen-bond donors (Lipinski definition) is 1. The molecule has 10 aromatic rings. The zero-order chi connectivity index (χ0) is 40.4. The number of anilines is 5. The van der Waals surface area contributed by atoms with Crippen LogP contribution >= 0.6 is 0 Å². The molecule has 0 fully saturated rings. The third kappa shape index (κ3) is 4.15. The Morgan fingerprint density at radius 1 is 0.492 bits per heavy atom. The van der Waals surface area contributed by atoms with Gasteiger partial charge in [-0.25, -0.2) is 0 Å². The van der Waals surface area contributed by atoms with Gasteiger partial charge in [0.1, 0.15) is 5.58 Å². The van der Waals surface area contributed by atoms with Gasteiger partial charge in [0.15, 0.2) is 12.9 Å². The summed E-state index contributed by atoms with van der Waals surface area (Å²) in [6.45, 7) is 7.41. The van der Waals surface area contributed by atoms with Crippen LogP contribution in [0, 0.1) is 0 Å². The van der Waals surface area contributed by atoms with E-state index in [0.29, 0.717) is 0 Å². The van der Waals surface area contributed by atoms with E-state index in [4.69, 9.17) is 4.42 Å². The van der Waals surface area contributed by atoms with Crippen LogP contribution in [0.5, 0.6) is 0 Å². The minimum atomic E-state index is -0.361. The molecule has 3 aliphatic heterocycles. The van der Waals surface area contributed by atoms with E-state index in [-0.39, 0.29) is 10.8 Å². The fraction of sp³-hybridized carbons (Fsp3) is 0.0877. The number of hydrogen-bond acceptors (Lipinski definition) is 3. The van der Waals surface area contributed by atoms with Crippen molar-refractivity contribution in [1.82, 2.24) is 0 Å². The van der Waals surface area contributed by atoms with Crippen LogP contribution in [0.4, 0.5) is 28.4 Å². The molecule has 61 heavy (non-hydrogen) atoms. The van der Waals surface area contributed by atoms with Crippen LogP contribution in [-0.4, -0.2) is 7.28 Å². The van der Waals surface area contributed by atoms with Crippen molar-refractivity contribution < 1.29 is 4.42 Å². The molecule has 3 nitrogen and oxygen atoms in total. The van der Waals surface area contributed by atoms with E-state index < -0.39 is 0 Å². The number of nitrogens with one attached hydrogen (secondary N) is 1. The predicted molar refractivity (Wildman–Crippen MR) is 256 cm³/mol. The van der Waals surface area contributed by atoms with Gasteiger partial charge in [-0.2, -0.15) is 0 Å². The SMILES string of the molecule is CC1(C)c2cccc3c2N2c4c(c(-c5cc(-c6ccccc6)ccc5Nc5cccc6c5oc5ccccc56)cc5c4C(C)(c4ccccc4-5)c4c2c1cc1ccccc41)B3. The van der Waals surface area contributed by atoms with Crippen LogP contribution in [0.25, 0.3) is 66.1 Å². The lowest BCUT2D eigenvalue weighted by Crippen LogP contribution is -2.49. The van der Waals surface area contributed by atoms with Gasteiger partial charge in [0.25, 0.3) is 0 Å². The molecule has 4 heterocycles. The van der Waals surface area contributed by atoms with Gasteiger partial charge < -0.3 is 14.6 Å². The van der Waals surface area contributed by atoms with Crippen molar-refractivity contribution in [3.8, 4) is 33.4 Å². The number of para-hydroxylation sites is 3. The van der Waals surface area contributed by atoms with Crippen LogP contribution in [0.3, 0.4) is 0 Å². The first-order chi connectivity index (χ1) is 29.9. The molecule has 4 heteroatoms. The molecule has 4 aliphatic rings. The lowest BCUT2D eigenvalue weighted by atomic mass is 9.52. The zero-order valence-electron chi connectivity index (χ0n) is 34.2. The summed E-state index contributed by atoms with van der Waals surface area (Å²) < 4.78 is 6.60. The number of nitrogens with zero attached hydrogens (tertiary/aromatic N) is 1. The van der Waals surface area contributed by atoms with Crippen molar-refractivity contribution in [2.45, 2.75) is 31.6 Å². The van der Waals surface area contributed by atoms with Gasteiger partial charge in [0.2, 0.25) is 0 Å². The Bertz CT molecular complexity index is 3600. The molecule has 1 N–H and O–H groups in total. The average molecular weight is 779 g/mol. The highest BCUT2D eigenvalue weighted by atomic mass is 16.3. The van der Waals surface area contributed by atoms with Crippen LogP contribution in [0.15, 0.2) is 174 Å². The summed E-state index contributed by atoms with van der Waals surface area (Å²) in [7, 11) is 0.840. The van der Waals surface area contributed by atoms with Crippen molar-refractivity contribution >= 4 is 79.4 Å². The predicted octanol–water partition coefficient (Wildman–Crippen LogP) is 13.3. The molecule has 1 aromatic heterocycles. The Kier molecular flexibility index (Phi) is 6.32. The molecule has 0 amide bonds. The molecule has 0 saturated carbocycles. The molecule has 1 aliphatic carbocycles. The Morgan fingerprint density at radius 2 is 1.25 bits per heavy atom. The van der Waals surface area contributed by atoms with Gasteiger partial charge in [-0.05, 0) is 115 Å². The van der Waals surface area contributed by atoms with Crippen molar-refractivity contribution in [3.63, 3.8) is 0 Å². The number of fused-ring (bicyclic) bond motifs is 9. The summed E-state index contributed by atoms with van der Waals surface area (Å²) in [5.74, 6) is 0. The van der Waals surface area contributed by atoms with Gasteiger partial charge in [0, 0.05) is 44.2 Å². The van der Waals surface area contributed by atoms with Gasteiger partial charge in [-0.3, -0.25) is 0 Å². The maximum atomic E-state index is 6.60. The topological polar surface area (TPSA) is 28.4 Å². The summed E-state index contributed by atoms with van der Waals surface area (Å²) in [5.41, 5.74) is 24.6. The molecule has 1 unspecified atom stereocenters. The minimum Gasteiger partial charge on any atom is -0.454 e. The molecule has 0 radical (unpaired) electrons. The van der Waals surface area contributed by atoms with E-state index in [1.54, 1.807) is 0 Å². The molecule has 9 aromatic carbocycles. The molecule has 0 spiro atoms. The maximum absolute atomic E-state index is 6.60. The molecule has 0 bridgehead atoms. The Hall–Kier alpha value is -7.30. The summed E-state index contributed by atoms with van der Waals surface area (Å²) in [6, 6.07) is 63.0. The first kappa shape index (κ1) is 33.5. The number of rotatable bonds is 4. The Balaban J connectivity index is 1.11. The Morgan fingerprint density at radius 3 is 2.15 bits per heavy atom. The molecule has 286 valence electrons. The summed E-state index contributed by atoms with van der Waals surface area (Å²) in [4.78, 5) is 2.73. The largest absolute Gasteiger partial charge is 0.454 e. The minimum absolute atomic E-state index is 0.196. The van der Waals surface area contributed by atoms with Crippen LogP contribution in [0.1, 0.15) is 48.6 Å². The smallest absolute Gasteiger partial charge is 0.198 e. The highest BCUT2D eigenvalue weighted by Crippen LogP contribution is 2.67. The van der Waals surface area contributed by atoms with E-state index in [9.17, 15) is 0 Å². The first-order valence-corrected chi connectivity index (χ1v) is 21.6. The molecule has 1 atom stereocenters. The third-order valence-corrected chi connectivity index (χ3v) is 14.8. The van der Waals surface area contributed by atoms with Gasteiger partial charge in [-0.1, -0.05) is 153 Å². The lowest BCUT2D eigenvalue weighted by Gasteiger charge is -2.53. The van der Waals surface area contributed by atoms with E-state index >= 15 is 0 Å². The first-order valence-electron chi connectivity index (χ1n) is 21.6. The third-order valence-electron chi connectivity index (χ3n) is 14.8. The second-order valence-electron chi connectivity index (χ2n) is 18.2. The van der Waals surface area contributed by atoms with E-state index in [1.165, 1.54) is 100.0 Å². The summed E-state index contributed by atoms with van der Waals surface area (Å²) in [5, 5.41) is 8.85. The van der Waals surface area contributed by atoms with Crippen molar-refractivity contribution in [1.29, 1.82) is 0 Å². The van der Waals surface area contributed by atoms with Crippen molar-refractivity contribution in [3.05, 3.63) is 198 Å². The van der Waals surface area contributed by atoms with Crippen LogP contribution in [-0.2, 0) is 10.8 Å². The van der Waals surface area contributed by atoms with Gasteiger partial charge >= 0.3 is 0 Å². The number of benzene rings is 9. The maximum Gasteiger partial charge on any atom is 0.198 e. The standard InChI is InChI=1S/C57H39BN2O/c1-56(2)43-23-14-24-45-52(43)60-53-44(56)30-34-17-7-8-18-35(34)49(53)57(3)42-22-11-9-19-36(42)40-31-41(51(58-45)54(60)50(40)57)39-29-33(32-15-5-4-6-16-32)27-28-46(39)59-47-25-13-21-38-37-20-10-12-26-48(37)61-55(38)47/h4-31,58-59H,1-3H3. The van der Waals surface area contributed by atoms with Crippen molar-refractivity contribution in [2.75, 3.05) is 10.2 Å². The van der Waals surface area contributed by atoms with Gasteiger partial charge in [0.05, 0.1) is 11.4 Å². The molecule has 0 saturated heterocycles. The monoisotopic (exact) mass is 778 g/mol. The second kappa shape index (κ2) is 11.5. The van der Waals surface area contributed by atoms with Crippen LogP contribution < -0.4 is 21.1 Å². The molecular weight excluding hydrogens is 739 g/mol. The normalized spacial score (nSPS) is 16.7. The fourth-order valence-electron chi connectivity index (χ4n) is 12.0. The summed E-state index contributed by atoms with van der Waals surface area (Å²) in [6.07, 6.45) is 0. The average Bonchev–Trinajstić information content (AvgIpc) is 3.81. The summed E-state index contributed by atoms with van der Waals surface area (Å²) >= 11 is 0. The van der Waals surface area contributed by atoms with Crippen LogP contribution in [0.2, 0.25) is 0 Å². The second-order valence-corrected chi connectivity index (χ2v) is 18.2. The van der Waals surface area contributed by atoms with Gasteiger partial charge in [-0.15, -0.1) is 0 Å². The number of furan rings is 1. The molecular formula is C57H39BN2O. The highest BCUT2D eigenvalue weighted by molar-refractivity contribution is 6.73. The Labute approximate surface area is 355 Å². The fourth-order valence-corrected chi connectivity index (χ4v) is 12.0. The highest BCUT2D eigenvalue weighted by Gasteiger charge is 2.55. The van der Waals surface area contributed by atoms with E-state index in [1.807, 2.05) is 6.07 Å². The zero-order valence-corrected chi connectivity index (χ0v) is 34.2.